The van der Waals surface area contributed by atoms with Crippen molar-refractivity contribution in [2.75, 3.05) is 59.8 Å². The summed E-state index contributed by atoms with van der Waals surface area (Å²) in [5.74, 6) is -3.91. The second kappa shape index (κ2) is 41.4. The van der Waals surface area contributed by atoms with Gasteiger partial charge in [0.05, 0.1) is 51.4 Å². The van der Waals surface area contributed by atoms with Crippen LogP contribution in [0.15, 0.2) is 0 Å². The highest BCUT2D eigenvalue weighted by Crippen LogP contribution is 2.29. The lowest BCUT2D eigenvalue weighted by atomic mass is 9.94. The van der Waals surface area contributed by atoms with Crippen LogP contribution in [-0.2, 0) is 61.9 Å². The second-order valence-corrected chi connectivity index (χ2v) is 20.5. The van der Waals surface area contributed by atoms with Gasteiger partial charge >= 0.3 is 41.9 Å². The van der Waals surface area contributed by atoms with Gasteiger partial charge in [-0.2, -0.15) is 0 Å². The molecule has 2 rings (SSSR count). The maximum Gasteiger partial charge on any atom is 0.410 e. The summed E-state index contributed by atoms with van der Waals surface area (Å²) in [4.78, 5) is 94.3. The van der Waals surface area contributed by atoms with E-state index in [0.717, 1.165) is 103 Å². The van der Waals surface area contributed by atoms with E-state index in [1.807, 2.05) is 11.9 Å². The maximum absolute atomic E-state index is 13.6. The number of likely N-dealkylation sites (tertiary alicyclic amines) is 2. The van der Waals surface area contributed by atoms with Crippen molar-refractivity contribution in [2.24, 2.45) is 11.8 Å². The molecule has 1 amide bonds. The molecule has 2 fully saturated rings. The number of nitrogens with zero attached hydrogens (tertiary/aromatic N) is 2. The molecule has 0 N–H and O–H groups in total. The molecule has 0 saturated carbocycles. The number of ether oxygens (including phenoxy) is 7. The van der Waals surface area contributed by atoms with Gasteiger partial charge in [0.15, 0.2) is 0 Å². The van der Waals surface area contributed by atoms with E-state index in [1.165, 1.54) is 30.6 Å². The molecule has 0 aliphatic carbocycles. The molecular formula is C56H98N2O14. The standard InChI is InChI=1S/C56H98N2O14/c1-6-10-14-18-22-26-30-50(59)66-39-45(40-67-51(60)31-27-23-19-15-11-7-2)34-54(63)70-43-47-36-48(58(47)56(65)72-49-37-57(5)38-49)44-71-55(64)35-46(41-68-52(61)32-28-24-20-16-12-8-3)42-69-53(62)33-29-25-21-17-13-9-4/h45-49H,6-44H2,1-5H3/t47-,48-/m1/s1. The highest BCUT2D eigenvalue weighted by molar-refractivity contribution is 5.73. The summed E-state index contributed by atoms with van der Waals surface area (Å²) in [5, 5.41) is 0. The van der Waals surface area contributed by atoms with Crippen LogP contribution in [0.4, 0.5) is 4.79 Å². The van der Waals surface area contributed by atoms with Crippen LogP contribution in [0.1, 0.15) is 227 Å². The molecule has 2 heterocycles. The molecular weight excluding hydrogens is 925 g/mol. The van der Waals surface area contributed by atoms with Crippen LogP contribution in [-0.4, -0.2) is 130 Å². The fourth-order valence-corrected chi connectivity index (χ4v) is 8.85. The van der Waals surface area contributed by atoms with Crippen LogP contribution in [0.25, 0.3) is 0 Å². The van der Waals surface area contributed by atoms with Gasteiger partial charge in [0.25, 0.3) is 0 Å². The first-order valence-electron chi connectivity index (χ1n) is 28.5. The van der Waals surface area contributed by atoms with Crippen molar-refractivity contribution in [2.45, 2.75) is 245 Å². The van der Waals surface area contributed by atoms with Gasteiger partial charge in [0, 0.05) is 50.6 Å². The van der Waals surface area contributed by atoms with Gasteiger partial charge in [-0.05, 0) is 39.2 Å². The third-order valence-electron chi connectivity index (χ3n) is 13.5. The van der Waals surface area contributed by atoms with E-state index in [4.69, 9.17) is 33.2 Å². The highest BCUT2D eigenvalue weighted by Gasteiger charge is 2.45. The Morgan fingerprint density at radius 2 is 0.694 bits per heavy atom. The van der Waals surface area contributed by atoms with Gasteiger partial charge in [0.1, 0.15) is 19.3 Å². The van der Waals surface area contributed by atoms with E-state index in [1.54, 1.807) is 0 Å². The average Bonchev–Trinajstić information content (AvgIpc) is 3.33. The van der Waals surface area contributed by atoms with Crippen molar-refractivity contribution < 1.29 is 66.7 Å². The Hall–Kier alpha value is -3.95. The first kappa shape index (κ1) is 64.2. The predicted octanol–water partition coefficient (Wildman–Crippen LogP) is 11.2. The molecule has 0 unspecified atom stereocenters. The number of unbranched alkanes of at least 4 members (excludes halogenated alkanes) is 20. The van der Waals surface area contributed by atoms with E-state index < -0.39 is 42.0 Å². The number of carbonyl (C=O) groups excluding carboxylic acids is 7. The summed E-state index contributed by atoms with van der Waals surface area (Å²) in [6, 6.07) is -1.12. The molecule has 0 bridgehead atoms. The Balaban J connectivity index is 2.01. The van der Waals surface area contributed by atoms with Crippen molar-refractivity contribution >= 4 is 41.9 Å². The largest absolute Gasteiger partial charge is 0.465 e. The monoisotopic (exact) mass is 1020 g/mol. The van der Waals surface area contributed by atoms with Gasteiger partial charge in [0.2, 0.25) is 0 Å². The number of amides is 1. The number of hydrogen-bond acceptors (Lipinski definition) is 15. The Morgan fingerprint density at radius 3 is 0.986 bits per heavy atom. The molecule has 16 heteroatoms. The number of carbonyl (C=O) groups is 7. The normalized spacial score (nSPS) is 15.7. The fraction of sp³-hybridized carbons (Fsp3) is 0.875. The Kier molecular flexibility index (Phi) is 36.9. The number of likely N-dealkylation sites (N-methyl/N-ethyl adjacent to an activating group) is 1. The topological polar surface area (TPSA) is 191 Å². The lowest BCUT2D eigenvalue weighted by Gasteiger charge is -2.48. The predicted molar refractivity (Wildman–Crippen MR) is 276 cm³/mol. The molecule has 16 nitrogen and oxygen atoms in total. The lowest BCUT2D eigenvalue weighted by Crippen LogP contribution is -2.64. The zero-order valence-electron chi connectivity index (χ0n) is 45.6. The first-order chi connectivity index (χ1) is 34.9. The summed E-state index contributed by atoms with van der Waals surface area (Å²) < 4.78 is 39.4. The minimum atomic E-state index is -0.624. The molecule has 0 radical (unpaired) electrons. The third-order valence-corrected chi connectivity index (χ3v) is 13.5. The van der Waals surface area contributed by atoms with Crippen molar-refractivity contribution in [3.63, 3.8) is 0 Å². The van der Waals surface area contributed by atoms with Crippen LogP contribution in [0.3, 0.4) is 0 Å². The van der Waals surface area contributed by atoms with Gasteiger partial charge in [-0.1, -0.05) is 156 Å². The van der Waals surface area contributed by atoms with Gasteiger partial charge in [-0.25, -0.2) is 4.79 Å². The minimum absolute atomic E-state index is 0.108. The summed E-state index contributed by atoms with van der Waals surface area (Å²) in [6.45, 7) is 9.03. The number of rotatable bonds is 45. The van der Waals surface area contributed by atoms with E-state index in [2.05, 4.69) is 27.7 Å². The van der Waals surface area contributed by atoms with Gasteiger partial charge < -0.3 is 33.2 Å². The number of hydrogen-bond donors (Lipinski definition) is 0. The molecule has 0 aromatic carbocycles. The maximum atomic E-state index is 13.6. The molecule has 0 aromatic heterocycles. The SMILES string of the molecule is CCCCCCCCC(=O)OCC(COC(=O)CCCCCCCC)CC(=O)OC[C@H]1C[C@H](COC(=O)CC(COC(=O)CCCCCCCC)COC(=O)CCCCCCCC)N1C(=O)OC1CN(C)C1. The van der Waals surface area contributed by atoms with Crippen LogP contribution in [0.2, 0.25) is 0 Å². The summed E-state index contributed by atoms with van der Waals surface area (Å²) >= 11 is 0. The molecule has 2 atom stereocenters. The molecule has 72 heavy (non-hydrogen) atoms. The fourth-order valence-electron chi connectivity index (χ4n) is 8.85. The van der Waals surface area contributed by atoms with E-state index in [0.29, 0.717) is 45.2 Å². The third kappa shape index (κ3) is 31.6. The van der Waals surface area contributed by atoms with E-state index in [9.17, 15) is 33.6 Å². The van der Waals surface area contributed by atoms with Crippen LogP contribution >= 0.6 is 0 Å². The molecule has 2 aliphatic rings. The molecule has 0 aromatic rings. The lowest BCUT2D eigenvalue weighted by molar-refractivity contribution is -0.160. The first-order valence-corrected chi connectivity index (χ1v) is 28.5. The second-order valence-electron chi connectivity index (χ2n) is 20.5. The van der Waals surface area contributed by atoms with E-state index in [-0.39, 0.29) is 108 Å². The highest BCUT2D eigenvalue weighted by atomic mass is 16.6. The van der Waals surface area contributed by atoms with Crippen LogP contribution < -0.4 is 0 Å². The number of esters is 6. The van der Waals surface area contributed by atoms with Gasteiger partial charge in [-0.15, -0.1) is 0 Å². The summed E-state index contributed by atoms with van der Waals surface area (Å²) in [6.07, 6.45) is 24.8. The van der Waals surface area contributed by atoms with Crippen molar-refractivity contribution in [1.29, 1.82) is 0 Å². The Morgan fingerprint density at radius 1 is 0.403 bits per heavy atom. The van der Waals surface area contributed by atoms with Crippen LogP contribution in [0, 0.1) is 11.8 Å². The van der Waals surface area contributed by atoms with E-state index >= 15 is 0 Å². The average molecular weight is 1020 g/mol. The zero-order valence-corrected chi connectivity index (χ0v) is 45.6. The van der Waals surface area contributed by atoms with Crippen LogP contribution in [0.5, 0.6) is 0 Å². The summed E-state index contributed by atoms with van der Waals surface area (Å²) in [5.41, 5.74) is 0. The summed E-state index contributed by atoms with van der Waals surface area (Å²) in [7, 11) is 1.92. The van der Waals surface area contributed by atoms with Gasteiger partial charge in [-0.3, -0.25) is 38.6 Å². The Bertz CT molecular complexity index is 1350. The Labute approximate surface area is 433 Å². The smallest absolute Gasteiger partial charge is 0.410 e. The minimum Gasteiger partial charge on any atom is -0.465 e. The molecule has 416 valence electrons. The van der Waals surface area contributed by atoms with Crippen molar-refractivity contribution in [1.82, 2.24) is 9.80 Å². The van der Waals surface area contributed by atoms with Crippen molar-refractivity contribution in [3.05, 3.63) is 0 Å². The quantitative estimate of drug-likeness (QED) is 0.0318. The zero-order chi connectivity index (χ0) is 52.6. The molecule has 0 spiro atoms. The molecule has 2 aliphatic heterocycles. The van der Waals surface area contributed by atoms with Crippen molar-refractivity contribution in [3.8, 4) is 0 Å². The molecule has 2 saturated heterocycles.